The molecule has 0 spiro atoms. The van der Waals surface area contributed by atoms with E-state index in [1.165, 1.54) is 0 Å². The van der Waals surface area contributed by atoms with Crippen molar-refractivity contribution < 1.29 is 17.7 Å². The van der Waals surface area contributed by atoms with Crippen LogP contribution in [0.2, 0.25) is 50.4 Å². The number of allylic oxidation sites excluding steroid dienone is 4. The van der Waals surface area contributed by atoms with Crippen LogP contribution in [-0.4, -0.2) is 57.5 Å². The van der Waals surface area contributed by atoms with Crippen LogP contribution in [-0.2, 0) is 17.7 Å². The molecule has 0 aromatic carbocycles. The minimum Gasteiger partial charge on any atom is -0.400 e. The summed E-state index contributed by atoms with van der Waals surface area (Å²) < 4.78 is 25.4. The summed E-state index contributed by atoms with van der Waals surface area (Å²) in [5.41, 5.74) is 0. The highest BCUT2D eigenvalue weighted by atomic mass is 28.3. The molecule has 0 aliphatic heterocycles. The monoisotopic (exact) mass is 460 g/mol. The lowest BCUT2D eigenvalue weighted by Gasteiger charge is -2.31. The average molecular weight is 461 g/mol. The Morgan fingerprint density at radius 1 is 0.593 bits per heavy atom. The Morgan fingerprint density at radius 2 is 0.815 bits per heavy atom. The summed E-state index contributed by atoms with van der Waals surface area (Å²) in [6.45, 7) is 24.2. The van der Waals surface area contributed by atoms with E-state index in [1.807, 2.05) is 24.3 Å². The third kappa shape index (κ3) is 14.5. The first-order valence-corrected chi connectivity index (χ1v) is 21.3. The summed E-state index contributed by atoms with van der Waals surface area (Å²) in [6.07, 6.45) is 7.79. The molecule has 0 N–H and O–H groups in total. The predicted molar refractivity (Wildman–Crippen MR) is 133 cm³/mol. The molecular weight excluding hydrogens is 421 g/mol. The molecule has 27 heavy (non-hydrogen) atoms. The van der Waals surface area contributed by atoms with Crippen molar-refractivity contribution in [1.29, 1.82) is 0 Å². The van der Waals surface area contributed by atoms with Gasteiger partial charge in [-0.05, 0) is 50.4 Å². The smallest absolute Gasteiger partial charge is 0.180 e. The highest BCUT2D eigenvalue weighted by Gasteiger charge is 2.26. The van der Waals surface area contributed by atoms with Gasteiger partial charge in [0.15, 0.2) is 45.7 Å². The Bertz CT molecular complexity index is 364. The molecule has 0 bridgehead atoms. The molecule has 0 aromatic heterocycles. The fourth-order valence-corrected chi connectivity index (χ4v) is 13.6. The van der Waals surface area contributed by atoms with Crippen LogP contribution in [0, 0.1) is 0 Å². The molecule has 4 nitrogen and oxygen atoms in total. The van der Waals surface area contributed by atoms with E-state index in [0.717, 1.165) is 24.2 Å². The van der Waals surface area contributed by atoms with Gasteiger partial charge in [0.1, 0.15) is 11.8 Å². The fraction of sp³-hybridized carbons (Fsp3) is 0.556. The minimum atomic E-state index is -1.33. The Balaban J connectivity index is 5.11. The van der Waals surface area contributed by atoms with Gasteiger partial charge in [-0.15, -0.1) is 26.3 Å². The molecule has 0 saturated carbocycles. The molecule has 0 aliphatic rings. The van der Waals surface area contributed by atoms with Crippen molar-refractivity contribution in [3.8, 4) is 0 Å². The van der Waals surface area contributed by atoms with E-state index < -0.39 is 45.7 Å². The van der Waals surface area contributed by atoms with Gasteiger partial charge >= 0.3 is 0 Å². The molecular formula is C18H40O4Si5. The Labute approximate surface area is 176 Å². The van der Waals surface area contributed by atoms with Gasteiger partial charge in [-0.1, -0.05) is 24.3 Å². The molecule has 0 aromatic rings. The first-order valence-electron chi connectivity index (χ1n) is 9.91. The van der Waals surface area contributed by atoms with E-state index in [-0.39, 0.29) is 11.8 Å². The SMILES string of the molecule is C=CC[SiH](C)OC(O[SiH](C)CC=C)[SiH2]C(O[SiH](C)CC=C)O[SiH](C)CC=C. The van der Waals surface area contributed by atoms with Crippen LogP contribution in [0.25, 0.3) is 0 Å². The fourth-order valence-electron chi connectivity index (χ4n) is 2.64. The standard InChI is InChI=1S/C18H40O4Si5/c1-9-13-24(5)19-17(20-25(6)14-10-2)23-18(21-26(7)15-11-3)22-27(8)16-12-4/h9-12,17-18,24-27H,1-4,13-16,23H2,5-8H3. The summed E-state index contributed by atoms with van der Waals surface area (Å²) in [6, 6.07) is 3.78. The molecule has 9 heteroatoms. The van der Waals surface area contributed by atoms with Crippen molar-refractivity contribution in [2.24, 2.45) is 0 Å². The largest absolute Gasteiger partial charge is 0.400 e. The van der Waals surface area contributed by atoms with Crippen LogP contribution in [0.4, 0.5) is 0 Å². The molecule has 4 atom stereocenters. The summed E-state index contributed by atoms with van der Waals surface area (Å²) in [5, 5.41) is 0. The molecule has 4 unspecified atom stereocenters. The second-order valence-electron chi connectivity index (χ2n) is 6.98. The summed E-state index contributed by atoms with van der Waals surface area (Å²) in [4.78, 5) is 0. The zero-order valence-corrected chi connectivity index (χ0v) is 23.8. The lowest BCUT2D eigenvalue weighted by molar-refractivity contribution is 0.0327. The maximum Gasteiger partial charge on any atom is 0.180 e. The van der Waals surface area contributed by atoms with Gasteiger partial charge < -0.3 is 17.7 Å². The summed E-state index contributed by atoms with van der Waals surface area (Å²) >= 11 is 0. The molecule has 0 fully saturated rings. The van der Waals surface area contributed by atoms with Crippen molar-refractivity contribution in [2.75, 3.05) is 0 Å². The first kappa shape index (κ1) is 26.9. The quantitative estimate of drug-likeness (QED) is 0.179. The minimum absolute atomic E-state index is 0.131. The van der Waals surface area contributed by atoms with Crippen LogP contribution in [0.3, 0.4) is 0 Å². The molecule has 0 aliphatic carbocycles. The maximum atomic E-state index is 6.36. The predicted octanol–water partition coefficient (Wildman–Crippen LogP) is 2.95. The van der Waals surface area contributed by atoms with E-state index in [9.17, 15) is 0 Å². The van der Waals surface area contributed by atoms with E-state index >= 15 is 0 Å². The number of rotatable bonds is 18. The van der Waals surface area contributed by atoms with Crippen LogP contribution < -0.4 is 0 Å². The molecule has 0 saturated heterocycles. The highest BCUT2D eigenvalue weighted by molar-refractivity contribution is 6.56. The zero-order valence-electron chi connectivity index (χ0n) is 17.8. The van der Waals surface area contributed by atoms with Crippen molar-refractivity contribution in [3.63, 3.8) is 0 Å². The zero-order chi connectivity index (χ0) is 20.7. The van der Waals surface area contributed by atoms with Gasteiger partial charge in [-0.2, -0.15) is 0 Å². The van der Waals surface area contributed by atoms with Crippen LogP contribution in [0.5, 0.6) is 0 Å². The molecule has 0 amide bonds. The van der Waals surface area contributed by atoms with Gasteiger partial charge in [0.05, 0.1) is 0 Å². The molecule has 0 rings (SSSR count). The van der Waals surface area contributed by atoms with E-state index in [0.29, 0.717) is 0 Å². The average Bonchev–Trinajstić information content (AvgIpc) is 2.55. The van der Waals surface area contributed by atoms with Crippen molar-refractivity contribution in [3.05, 3.63) is 50.6 Å². The van der Waals surface area contributed by atoms with Crippen molar-refractivity contribution in [1.82, 2.24) is 0 Å². The third-order valence-electron chi connectivity index (χ3n) is 3.92. The van der Waals surface area contributed by atoms with E-state index in [4.69, 9.17) is 17.7 Å². The Hall–Kier alpha value is -0.116. The molecule has 0 heterocycles. The Kier molecular flexibility index (Phi) is 16.7. The van der Waals surface area contributed by atoms with Gasteiger partial charge in [0.25, 0.3) is 0 Å². The van der Waals surface area contributed by atoms with Crippen LogP contribution >= 0.6 is 0 Å². The van der Waals surface area contributed by atoms with Gasteiger partial charge in [0, 0.05) is 0 Å². The second-order valence-corrected chi connectivity index (χ2v) is 18.2. The van der Waals surface area contributed by atoms with Gasteiger partial charge in [-0.3, -0.25) is 0 Å². The summed E-state index contributed by atoms with van der Waals surface area (Å²) in [5.74, 6) is -0.263. The van der Waals surface area contributed by atoms with Crippen LogP contribution in [0.15, 0.2) is 50.6 Å². The molecule has 156 valence electrons. The lowest BCUT2D eigenvalue weighted by atomic mass is 10.8. The first-order chi connectivity index (χ1) is 12.9. The lowest BCUT2D eigenvalue weighted by Crippen LogP contribution is -2.44. The van der Waals surface area contributed by atoms with Crippen molar-refractivity contribution in [2.45, 2.75) is 62.2 Å². The van der Waals surface area contributed by atoms with Crippen LogP contribution in [0.1, 0.15) is 0 Å². The number of hydrogen-bond donors (Lipinski definition) is 0. The van der Waals surface area contributed by atoms with E-state index in [1.54, 1.807) is 0 Å². The van der Waals surface area contributed by atoms with Crippen molar-refractivity contribution >= 4 is 45.7 Å². The van der Waals surface area contributed by atoms with Gasteiger partial charge in [-0.25, -0.2) is 0 Å². The third-order valence-corrected chi connectivity index (χ3v) is 14.1. The highest BCUT2D eigenvalue weighted by Crippen LogP contribution is 2.12. The van der Waals surface area contributed by atoms with E-state index in [2.05, 4.69) is 52.5 Å². The topological polar surface area (TPSA) is 36.9 Å². The second kappa shape index (κ2) is 16.8. The van der Waals surface area contributed by atoms with Gasteiger partial charge in [0.2, 0.25) is 0 Å². The maximum absolute atomic E-state index is 6.36. The normalized spacial score (nSPS) is 18.4. The summed E-state index contributed by atoms with van der Waals surface area (Å²) in [7, 11) is -6.20. The Morgan fingerprint density at radius 3 is 1.00 bits per heavy atom. The number of hydrogen-bond acceptors (Lipinski definition) is 4. The molecule has 0 radical (unpaired) electrons.